The normalized spacial score (nSPS) is 26.2. The summed E-state index contributed by atoms with van der Waals surface area (Å²) in [6.07, 6.45) is -0.991. The zero-order valence-electron chi connectivity index (χ0n) is 14.3. The monoisotopic (exact) mass is 339 g/mol. The van der Waals surface area contributed by atoms with Crippen molar-refractivity contribution in [2.75, 3.05) is 25.4 Å². The molecule has 6 heteroatoms. The average molecular weight is 340 g/mol. The Morgan fingerprint density at radius 1 is 1.48 bits per heavy atom. The second-order valence-electron chi connectivity index (χ2n) is 7.46. The lowest BCUT2D eigenvalue weighted by Gasteiger charge is -2.55. The molecule has 0 aliphatic carbocycles. The molecule has 2 N–H and O–H groups in total. The summed E-state index contributed by atoms with van der Waals surface area (Å²) < 4.78 is -0.0149. The third-order valence-electron chi connectivity index (χ3n) is 5.04. The van der Waals surface area contributed by atoms with Crippen LogP contribution in [-0.4, -0.2) is 46.7 Å². The highest BCUT2D eigenvalue weighted by atomic mass is 35.5. The van der Waals surface area contributed by atoms with Crippen LogP contribution in [0.2, 0.25) is 5.02 Å². The van der Waals surface area contributed by atoms with Crippen LogP contribution in [0.3, 0.4) is 0 Å². The molecule has 0 spiro atoms. The summed E-state index contributed by atoms with van der Waals surface area (Å²) in [5, 5.41) is 12.6. The van der Waals surface area contributed by atoms with E-state index < -0.39 is 11.6 Å². The summed E-state index contributed by atoms with van der Waals surface area (Å²) in [6, 6.07) is 5.47. The van der Waals surface area contributed by atoms with E-state index in [1.54, 1.807) is 6.07 Å². The predicted octanol–water partition coefficient (Wildman–Crippen LogP) is 2.08. The van der Waals surface area contributed by atoms with Gasteiger partial charge in [-0.2, -0.15) is 0 Å². The van der Waals surface area contributed by atoms with Crippen molar-refractivity contribution in [3.05, 3.63) is 28.8 Å². The number of nitrogens with zero attached hydrogens (tertiary/aromatic N) is 2. The van der Waals surface area contributed by atoms with Crippen molar-refractivity contribution in [1.29, 1.82) is 0 Å². The fraction of sp³-hybridized carbons (Fsp3) is 0.588. The van der Waals surface area contributed by atoms with E-state index in [-0.39, 0.29) is 10.5 Å². The fourth-order valence-electron chi connectivity index (χ4n) is 3.74. The molecule has 0 radical (unpaired) electrons. The Bertz CT molecular complexity index is 600. The summed E-state index contributed by atoms with van der Waals surface area (Å²) in [5.41, 5.74) is 6.98. The summed E-state index contributed by atoms with van der Waals surface area (Å²) in [4.78, 5) is 14.1. The van der Waals surface area contributed by atoms with Gasteiger partial charge >= 0.3 is 0 Å². The van der Waals surface area contributed by atoms with Crippen molar-refractivity contribution < 1.29 is 14.4 Å². The topological polar surface area (TPSA) is 69.4 Å². The molecular formula is C17H26ClN3O2. The fourth-order valence-corrected chi connectivity index (χ4v) is 3.99. The van der Waals surface area contributed by atoms with E-state index in [2.05, 4.69) is 4.90 Å². The number of hydrogen-bond acceptors (Lipinski definition) is 4. The number of piperazine rings is 1. The lowest BCUT2D eigenvalue weighted by molar-refractivity contribution is -0.943. The van der Waals surface area contributed by atoms with Crippen molar-refractivity contribution in [1.82, 2.24) is 4.90 Å². The van der Waals surface area contributed by atoms with Crippen LogP contribution in [0.1, 0.15) is 33.3 Å². The summed E-state index contributed by atoms with van der Waals surface area (Å²) >= 11 is 6.25. The second-order valence-corrected chi connectivity index (χ2v) is 7.87. The number of nitrogens with two attached hydrogens (primary N) is 1. The molecule has 1 aliphatic heterocycles. The van der Waals surface area contributed by atoms with E-state index in [9.17, 15) is 9.90 Å². The van der Waals surface area contributed by atoms with Crippen molar-refractivity contribution in [3.8, 4) is 0 Å². The highest BCUT2D eigenvalue weighted by Crippen LogP contribution is 2.32. The Balaban J connectivity index is 2.16. The van der Waals surface area contributed by atoms with Crippen LogP contribution in [0.4, 0.5) is 10.5 Å². The van der Waals surface area contributed by atoms with Gasteiger partial charge < -0.3 is 15.6 Å². The van der Waals surface area contributed by atoms with Gasteiger partial charge in [0.2, 0.25) is 0 Å². The van der Waals surface area contributed by atoms with Crippen molar-refractivity contribution in [2.45, 2.75) is 45.8 Å². The molecule has 1 aromatic carbocycles. The van der Waals surface area contributed by atoms with E-state index in [1.165, 1.54) is 0 Å². The molecule has 0 bridgehead atoms. The third-order valence-corrected chi connectivity index (χ3v) is 5.39. The Kier molecular flexibility index (Phi) is 4.95. The van der Waals surface area contributed by atoms with E-state index in [4.69, 9.17) is 17.3 Å². The number of hydrogen-bond donors (Lipinski definition) is 1. The molecular weight excluding hydrogens is 314 g/mol. The number of halogens is 1. The number of carbonyl (C=O) groups is 1. The third kappa shape index (κ3) is 3.32. The van der Waals surface area contributed by atoms with Gasteiger partial charge in [-0.3, -0.25) is 9.38 Å². The minimum Gasteiger partial charge on any atom is -0.498 e. The number of carboxylic acid groups (broad SMARTS) is 1. The smallest absolute Gasteiger partial charge is 0.258 e. The van der Waals surface area contributed by atoms with E-state index in [0.29, 0.717) is 36.9 Å². The zero-order chi connectivity index (χ0) is 17.4. The van der Waals surface area contributed by atoms with Gasteiger partial charge in [0.25, 0.3) is 6.09 Å². The number of benzene rings is 1. The van der Waals surface area contributed by atoms with Crippen LogP contribution in [-0.2, 0) is 6.54 Å². The summed E-state index contributed by atoms with van der Waals surface area (Å²) in [5.74, 6) is 0. The maximum absolute atomic E-state index is 11.9. The Morgan fingerprint density at radius 2 is 2.13 bits per heavy atom. The van der Waals surface area contributed by atoms with Crippen LogP contribution < -0.4 is 10.8 Å². The summed E-state index contributed by atoms with van der Waals surface area (Å²) in [7, 11) is 0. The van der Waals surface area contributed by atoms with Crippen LogP contribution in [0.15, 0.2) is 18.2 Å². The lowest BCUT2D eigenvalue weighted by Crippen LogP contribution is -2.76. The van der Waals surface area contributed by atoms with Crippen LogP contribution in [0.25, 0.3) is 0 Å². The van der Waals surface area contributed by atoms with Crippen molar-refractivity contribution in [3.63, 3.8) is 0 Å². The molecule has 23 heavy (non-hydrogen) atoms. The minimum atomic E-state index is -0.991. The van der Waals surface area contributed by atoms with E-state index >= 15 is 0 Å². The molecule has 2 atom stereocenters. The second kappa shape index (κ2) is 6.30. The van der Waals surface area contributed by atoms with Gasteiger partial charge in [0, 0.05) is 23.8 Å². The first-order chi connectivity index (χ1) is 10.6. The van der Waals surface area contributed by atoms with Gasteiger partial charge in [0.15, 0.2) is 0 Å². The van der Waals surface area contributed by atoms with E-state index in [1.807, 2.05) is 39.8 Å². The first-order valence-corrected chi connectivity index (χ1v) is 8.31. The SMILES string of the molecule is C[C@H]1CN(Cc2ccc(N)cc2Cl)CC[N+]1(C(=O)[O-])C(C)(C)C. The molecule has 0 saturated carbocycles. The van der Waals surface area contributed by atoms with Crippen molar-refractivity contribution in [2.24, 2.45) is 0 Å². The molecule has 1 aromatic rings. The van der Waals surface area contributed by atoms with Crippen LogP contribution in [0, 0.1) is 0 Å². The highest BCUT2D eigenvalue weighted by Gasteiger charge is 2.49. The number of amides is 1. The number of rotatable bonds is 2. The molecule has 1 amide bonds. The first-order valence-electron chi connectivity index (χ1n) is 7.93. The van der Waals surface area contributed by atoms with Gasteiger partial charge in [0.05, 0.1) is 18.6 Å². The van der Waals surface area contributed by atoms with Crippen LogP contribution in [0.5, 0.6) is 0 Å². The maximum atomic E-state index is 11.9. The van der Waals surface area contributed by atoms with Crippen LogP contribution >= 0.6 is 11.6 Å². The Hall–Kier alpha value is -1.30. The lowest BCUT2D eigenvalue weighted by atomic mass is 9.95. The quantitative estimate of drug-likeness (QED) is 0.661. The average Bonchev–Trinajstić information content (AvgIpc) is 2.40. The molecule has 1 aliphatic rings. The molecule has 1 unspecified atom stereocenters. The molecule has 128 valence electrons. The Labute approximate surface area is 143 Å². The zero-order valence-corrected chi connectivity index (χ0v) is 15.1. The van der Waals surface area contributed by atoms with Gasteiger partial charge in [-0.1, -0.05) is 17.7 Å². The van der Waals surface area contributed by atoms with E-state index in [0.717, 1.165) is 5.56 Å². The largest absolute Gasteiger partial charge is 0.498 e. The minimum absolute atomic E-state index is 0.0149. The Morgan fingerprint density at radius 3 is 2.61 bits per heavy atom. The van der Waals surface area contributed by atoms with Gasteiger partial charge in [-0.05, 0) is 45.4 Å². The predicted molar refractivity (Wildman–Crippen MR) is 90.9 cm³/mol. The summed E-state index contributed by atoms with van der Waals surface area (Å²) in [6.45, 7) is 10.5. The first kappa shape index (κ1) is 18.0. The number of anilines is 1. The van der Waals surface area contributed by atoms with Gasteiger partial charge in [-0.25, -0.2) is 0 Å². The molecule has 1 saturated heterocycles. The molecule has 1 heterocycles. The number of quaternary nitrogens is 1. The maximum Gasteiger partial charge on any atom is 0.258 e. The number of carbonyl (C=O) groups excluding carboxylic acids is 1. The molecule has 1 fully saturated rings. The standard InChI is InChI=1S/C17H26ClN3O2/c1-12-10-20(11-13-5-6-14(19)9-15(13)18)7-8-21(12,16(22)23)17(2,3)4/h5-6,9,12H,7-8,10-11,19H2,1-4H3/t12-,21?/m0/s1. The van der Waals surface area contributed by atoms with Gasteiger partial charge in [0.1, 0.15) is 6.04 Å². The van der Waals surface area contributed by atoms with Crippen molar-refractivity contribution >= 4 is 23.4 Å². The number of nitrogen functional groups attached to an aromatic ring is 1. The highest BCUT2D eigenvalue weighted by molar-refractivity contribution is 6.31. The van der Waals surface area contributed by atoms with Gasteiger partial charge in [-0.15, -0.1) is 0 Å². The molecule has 5 nitrogen and oxygen atoms in total. The molecule has 0 aromatic heterocycles. The molecule has 2 rings (SSSR count).